The summed E-state index contributed by atoms with van der Waals surface area (Å²) >= 11 is 0. The molecule has 1 aromatic carbocycles. The van der Waals surface area contributed by atoms with Crippen LogP contribution in [0, 0.1) is 6.92 Å². The van der Waals surface area contributed by atoms with Gasteiger partial charge in [0.15, 0.2) is 0 Å². The summed E-state index contributed by atoms with van der Waals surface area (Å²) in [6.45, 7) is 3.90. The number of hydrogen-bond donors (Lipinski definition) is 1. The third-order valence-electron chi connectivity index (χ3n) is 5.34. The van der Waals surface area contributed by atoms with E-state index in [0.717, 1.165) is 43.1 Å². The number of piperidine rings is 1. The van der Waals surface area contributed by atoms with Crippen molar-refractivity contribution >= 4 is 15.8 Å². The van der Waals surface area contributed by atoms with Crippen molar-refractivity contribution in [3.05, 3.63) is 41.3 Å². The van der Waals surface area contributed by atoms with Crippen molar-refractivity contribution in [3.63, 3.8) is 0 Å². The molecule has 164 valence electrons. The molecule has 1 saturated heterocycles. The van der Waals surface area contributed by atoms with Crippen LogP contribution in [-0.4, -0.2) is 64.0 Å². The average Bonchev–Trinajstić information content (AvgIpc) is 2.74. The van der Waals surface area contributed by atoms with E-state index in [-0.39, 0.29) is 17.4 Å². The Morgan fingerprint density at radius 1 is 1.13 bits per heavy atom. The monoisotopic (exact) mass is 433 g/mol. The van der Waals surface area contributed by atoms with Gasteiger partial charge in [0.1, 0.15) is 22.3 Å². The third kappa shape index (κ3) is 4.91. The highest BCUT2D eigenvalue weighted by Gasteiger charge is 2.27. The van der Waals surface area contributed by atoms with Crippen LogP contribution in [-0.2, 0) is 16.6 Å². The van der Waals surface area contributed by atoms with Gasteiger partial charge in [0, 0.05) is 33.1 Å². The SMILES string of the molecule is COc1ccc(C)cc1S(=O)(=O)N(C)Cc1cc(N(C)C)nc(C2CCNCC2)n1. The maximum absolute atomic E-state index is 13.3. The molecule has 0 radical (unpaired) electrons. The molecule has 30 heavy (non-hydrogen) atoms. The van der Waals surface area contributed by atoms with Gasteiger partial charge in [0.25, 0.3) is 0 Å². The summed E-state index contributed by atoms with van der Waals surface area (Å²) < 4.78 is 33.1. The second kappa shape index (κ2) is 9.28. The van der Waals surface area contributed by atoms with Gasteiger partial charge in [-0.1, -0.05) is 6.07 Å². The van der Waals surface area contributed by atoms with E-state index in [1.165, 1.54) is 11.4 Å². The molecule has 1 N–H and O–H groups in total. The molecular weight excluding hydrogens is 402 g/mol. The molecule has 1 fully saturated rings. The Kier molecular flexibility index (Phi) is 6.95. The summed E-state index contributed by atoms with van der Waals surface area (Å²) in [7, 11) is 3.15. The Balaban J connectivity index is 1.92. The van der Waals surface area contributed by atoms with Crippen LogP contribution in [0.2, 0.25) is 0 Å². The summed E-state index contributed by atoms with van der Waals surface area (Å²) in [6, 6.07) is 7.00. The van der Waals surface area contributed by atoms with Gasteiger partial charge in [0.05, 0.1) is 19.3 Å². The average molecular weight is 434 g/mol. The zero-order valence-electron chi connectivity index (χ0n) is 18.3. The molecule has 9 heteroatoms. The Morgan fingerprint density at radius 3 is 2.47 bits per heavy atom. The first-order valence-corrected chi connectivity index (χ1v) is 11.5. The highest BCUT2D eigenvalue weighted by atomic mass is 32.2. The lowest BCUT2D eigenvalue weighted by Gasteiger charge is -2.24. The fourth-order valence-electron chi connectivity index (χ4n) is 3.54. The predicted octanol–water partition coefficient (Wildman–Crippen LogP) is 2.15. The number of benzene rings is 1. The lowest BCUT2D eigenvalue weighted by molar-refractivity contribution is 0.396. The molecule has 3 rings (SSSR count). The van der Waals surface area contributed by atoms with Crippen molar-refractivity contribution in [1.82, 2.24) is 19.6 Å². The second-order valence-electron chi connectivity index (χ2n) is 7.91. The van der Waals surface area contributed by atoms with E-state index in [9.17, 15) is 8.42 Å². The Hall–Kier alpha value is -2.23. The lowest BCUT2D eigenvalue weighted by atomic mass is 9.97. The summed E-state index contributed by atoms with van der Waals surface area (Å²) in [5, 5.41) is 3.36. The normalized spacial score (nSPS) is 15.4. The Labute approximate surface area is 179 Å². The van der Waals surface area contributed by atoms with E-state index in [2.05, 4.69) is 5.32 Å². The number of aromatic nitrogens is 2. The molecule has 0 spiro atoms. The number of ether oxygens (including phenoxy) is 1. The number of aryl methyl sites for hydroxylation is 1. The molecule has 1 aliphatic heterocycles. The van der Waals surface area contributed by atoms with Gasteiger partial charge in [-0.15, -0.1) is 0 Å². The van der Waals surface area contributed by atoms with Crippen molar-refractivity contribution in [2.45, 2.75) is 37.1 Å². The largest absolute Gasteiger partial charge is 0.495 e. The molecule has 0 amide bonds. The van der Waals surface area contributed by atoms with Gasteiger partial charge in [-0.2, -0.15) is 4.31 Å². The van der Waals surface area contributed by atoms with E-state index in [0.29, 0.717) is 11.4 Å². The van der Waals surface area contributed by atoms with Gasteiger partial charge in [-0.25, -0.2) is 18.4 Å². The van der Waals surface area contributed by atoms with Crippen LogP contribution in [0.4, 0.5) is 5.82 Å². The fourth-order valence-corrected chi connectivity index (χ4v) is 4.92. The van der Waals surface area contributed by atoms with Gasteiger partial charge in [0.2, 0.25) is 10.0 Å². The fraction of sp³-hybridized carbons (Fsp3) is 0.524. The molecule has 0 aliphatic carbocycles. The minimum Gasteiger partial charge on any atom is -0.495 e. The van der Waals surface area contributed by atoms with E-state index in [1.54, 1.807) is 19.2 Å². The van der Waals surface area contributed by atoms with Crippen LogP contribution in [0.25, 0.3) is 0 Å². The summed E-state index contributed by atoms with van der Waals surface area (Å²) in [4.78, 5) is 11.6. The van der Waals surface area contributed by atoms with Gasteiger partial charge >= 0.3 is 0 Å². The van der Waals surface area contributed by atoms with E-state index < -0.39 is 10.0 Å². The first-order chi connectivity index (χ1) is 14.2. The number of hydrogen-bond acceptors (Lipinski definition) is 7. The highest BCUT2D eigenvalue weighted by Crippen LogP contribution is 2.29. The molecule has 2 heterocycles. The van der Waals surface area contributed by atoms with Crippen molar-refractivity contribution in [2.24, 2.45) is 0 Å². The molecule has 8 nitrogen and oxygen atoms in total. The molecule has 0 bridgehead atoms. The van der Waals surface area contributed by atoms with Crippen molar-refractivity contribution in [2.75, 3.05) is 46.2 Å². The van der Waals surface area contributed by atoms with E-state index in [1.807, 2.05) is 38.1 Å². The first-order valence-electron chi connectivity index (χ1n) is 10.1. The maximum atomic E-state index is 13.3. The van der Waals surface area contributed by atoms with E-state index >= 15 is 0 Å². The third-order valence-corrected chi connectivity index (χ3v) is 7.16. The number of nitrogens with zero attached hydrogens (tertiary/aromatic N) is 4. The number of anilines is 1. The molecule has 0 atom stereocenters. The number of nitrogens with one attached hydrogen (secondary N) is 1. The van der Waals surface area contributed by atoms with Crippen LogP contribution in [0.1, 0.15) is 35.8 Å². The van der Waals surface area contributed by atoms with Gasteiger partial charge in [-0.3, -0.25) is 0 Å². The Bertz CT molecular complexity index is 988. The second-order valence-corrected chi connectivity index (χ2v) is 9.92. The summed E-state index contributed by atoms with van der Waals surface area (Å²) in [5.74, 6) is 2.19. The molecule has 2 aromatic rings. The van der Waals surface area contributed by atoms with Crippen LogP contribution in [0.5, 0.6) is 5.75 Å². The smallest absolute Gasteiger partial charge is 0.246 e. The van der Waals surface area contributed by atoms with Crippen molar-refractivity contribution < 1.29 is 13.2 Å². The minimum absolute atomic E-state index is 0.154. The highest BCUT2D eigenvalue weighted by molar-refractivity contribution is 7.89. The quantitative estimate of drug-likeness (QED) is 0.716. The van der Waals surface area contributed by atoms with Crippen LogP contribution in [0.3, 0.4) is 0 Å². The van der Waals surface area contributed by atoms with Gasteiger partial charge < -0.3 is 15.0 Å². The number of sulfonamides is 1. The maximum Gasteiger partial charge on any atom is 0.246 e. The zero-order valence-corrected chi connectivity index (χ0v) is 19.2. The molecule has 0 saturated carbocycles. The lowest BCUT2D eigenvalue weighted by Crippen LogP contribution is -2.29. The van der Waals surface area contributed by atoms with Crippen LogP contribution in [0.15, 0.2) is 29.2 Å². The zero-order chi connectivity index (χ0) is 21.9. The number of rotatable bonds is 7. The first kappa shape index (κ1) is 22.5. The molecule has 1 aliphatic rings. The minimum atomic E-state index is -3.75. The standard InChI is InChI=1S/C21H31N5O3S/c1-15-6-7-18(29-5)19(12-15)30(27,28)26(4)14-17-13-20(25(2)3)24-21(23-17)16-8-10-22-11-9-16/h6-7,12-13,16,22H,8-11,14H2,1-5H3. The number of methoxy groups -OCH3 is 1. The predicted molar refractivity (Wildman–Crippen MR) is 118 cm³/mol. The Morgan fingerprint density at radius 2 is 1.83 bits per heavy atom. The van der Waals surface area contributed by atoms with E-state index in [4.69, 9.17) is 14.7 Å². The molecule has 0 unspecified atom stereocenters. The summed E-state index contributed by atoms with van der Waals surface area (Å²) in [6.07, 6.45) is 1.95. The van der Waals surface area contributed by atoms with Crippen molar-refractivity contribution in [3.8, 4) is 5.75 Å². The van der Waals surface area contributed by atoms with Gasteiger partial charge in [-0.05, 0) is 50.6 Å². The molecule has 1 aromatic heterocycles. The van der Waals surface area contributed by atoms with Crippen molar-refractivity contribution in [1.29, 1.82) is 0 Å². The molecular formula is C21H31N5O3S. The van der Waals surface area contributed by atoms with Crippen LogP contribution >= 0.6 is 0 Å². The topological polar surface area (TPSA) is 87.7 Å². The summed E-state index contributed by atoms with van der Waals surface area (Å²) in [5.41, 5.74) is 1.54. The van der Waals surface area contributed by atoms with Crippen LogP contribution < -0.4 is 15.0 Å².